The zero-order valence-corrected chi connectivity index (χ0v) is 11.9. The van der Waals surface area contributed by atoms with Crippen LogP contribution < -0.4 is 5.32 Å². The molecule has 1 atom stereocenters. The lowest BCUT2D eigenvalue weighted by molar-refractivity contribution is -0.144. The van der Waals surface area contributed by atoms with Crippen molar-refractivity contribution in [1.82, 2.24) is 20.3 Å². The monoisotopic (exact) mass is 282 g/mol. The lowest BCUT2D eigenvalue weighted by Gasteiger charge is -2.11. The average Bonchev–Trinajstić information content (AvgIpc) is 2.84. The summed E-state index contributed by atoms with van der Waals surface area (Å²) in [6.07, 6.45) is 1.33. The molecule has 1 rings (SSSR count). The van der Waals surface area contributed by atoms with Gasteiger partial charge < -0.3 is 15.0 Å². The third kappa shape index (κ3) is 4.34. The summed E-state index contributed by atoms with van der Waals surface area (Å²) < 4.78 is 4.80. The molecule has 0 aliphatic carbocycles. The summed E-state index contributed by atoms with van der Waals surface area (Å²) in [6, 6.07) is -0.760. The lowest BCUT2D eigenvalue weighted by atomic mass is 10.3. The quantitative estimate of drug-likeness (QED) is 0.452. The van der Waals surface area contributed by atoms with Gasteiger partial charge in [-0.2, -0.15) is 0 Å². The number of ether oxygens (including phenoxy) is 1. The van der Waals surface area contributed by atoms with Crippen LogP contribution in [0.15, 0.2) is 16.7 Å². The first-order valence-corrected chi connectivity index (χ1v) is 6.05. The van der Waals surface area contributed by atoms with Gasteiger partial charge in [0, 0.05) is 14.1 Å². The first-order chi connectivity index (χ1) is 9.45. The van der Waals surface area contributed by atoms with Crippen molar-refractivity contribution >= 4 is 17.7 Å². The van der Waals surface area contributed by atoms with Crippen LogP contribution in [0.4, 0.5) is 5.82 Å². The highest BCUT2D eigenvalue weighted by Gasteiger charge is 2.21. The van der Waals surface area contributed by atoms with Gasteiger partial charge in [0.2, 0.25) is 5.82 Å². The Morgan fingerprint density at radius 1 is 1.55 bits per heavy atom. The number of hydrogen-bond acceptors (Lipinski definition) is 6. The number of aromatic nitrogens is 2. The van der Waals surface area contributed by atoms with E-state index in [1.54, 1.807) is 21.0 Å². The summed E-state index contributed by atoms with van der Waals surface area (Å²) in [7, 11) is 3.39. The van der Waals surface area contributed by atoms with E-state index in [9.17, 15) is 9.59 Å². The minimum Gasteiger partial charge on any atom is -0.464 e. The number of carbonyl (C=O) groups excluding carboxylic acids is 2. The average molecular weight is 282 g/mol. The fraction of sp³-hybridized carbons (Fsp3) is 0.545. The summed E-state index contributed by atoms with van der Waals surface area (Å²) >= 11 is 0. The van der Waals surface area contributed by atoms with Gasteiger partial charge in [-0.05, 0) is 13.8 Å². The number of nitrogens with zero attached hydrogens (tertiary/aromatic N) is 4. The normalized spacial score (nSPS) is 12.2. The van der Waals surface area contributed by atoms with Crippen molar-refractivity contribution in [1.29, 1.82) is 0 Å². The van der Waals surface area contributed by atoms with Crippen LogP contribution in [0, 0.1) is 0 Å². The van der Waals surface area contributed by atoms with Gasteiger partial charge >= 0.3 is 5.97 Å². The van der Waals surface area contributed by atoms with Crippen molar-refractivity contribution in [3.8, 4) is 0 Å². The summed E-state index contributed by atoms with van der Waals surface area (Å²) in [4.78, 5) is 30.0. The second kappa shape index (κ2) is 7.22. The molecule has 1 aromatic rings. The van der Waals surface area contributed by atoms with Crippen molar-refractivity contribution in [3.05, 3.63) is 12.0 Å². The Balaban J connectivity index is 2.73. The molecule has 1 heterocycles. The van der Waals surface area contributed by atoms with Crippen LogP contribution in [0.3, 0.4) is 0 Å². The van der Waals surface area contributed by atoms with Crippen LogP contribution in [0.2, 0.25) is 0 Å². The Labute approximate surface area is 116 Å². The van der Waals surface area contributed by atoms with Crippen molar-refractivity contribution in [2.45, 2.75) is 19.9 Å². The van der Waals surface area contributed by atoms with Gasteiger partial charge in [-0.3, -0.25) is 9.80 Å². The Hall–Kier alpha value is -2.45. The smallest absolute Gasteiger partial charge is 0.328 e. The number of nitrogens with one attached hydrogen (secondary N) is 2. The molecule has 9 heteroatoms. The SMILES string of the molecule is CCOC(=O)[C@@H](C)NC(=O)c1[nH]cnc1N=NN(C)C. The maximum absolute atomic E-state index is 12.0. The lowest BCUT2D eigenvalue weighted by Crippen LogP contribution is -2.39. The molecule has 1 amide bonds. The molecule has 0 bridgehead atoms. The Kier molecular flexibility index (Phi) is 5.63. The fourth-order valence-corrected chi connectivity index (χ4v) is 1.26. The van der Waals surface area contributed by atoms with Crippen LogP contribution in [0.1, 0.15) is 24.3 Å². The summed E-state index contributed by atoms with van der Waals surface area (Å²) in [5.41, 5.74) is 0.131. The van der Waals surface area contributed by atoms with E-state index in [0.717, 1.165) is 0 Å². The van der Waals surface area contributed by atoms with Gasteiger partial charge in [-0.25, -0.2) is 9.78 Å². The third-order valence-electron chi connectivity index (χ3n) is 2.15. The predicted octanol–water partition coefficient (Wildman–Crippen LogP) is 0.651. The molecule has 0 aliphatic heterocycles. The van der Waals surface area contributed by atoms with Crippen molar-refractivity contribution in [2.75, 3.05) is 20.7 Å². The molecule has 0 saturated heterocycles. The van der Waals surface area contributed by atoms with Gasteiger partial charge in [0.15, 0.2) is 5.69 Å². The van der Waals surface area contributed by atoms with Gasteiger partial charge in [-0.15, -0.1) is 5.11 Å². The molecule has 0 spiro atoms. The zero-order chi connectivity index (χ0) is 15.1. The third-order valence-corrected chi connectivity index (χ3v) is 2.15. The number of rotatable bonds is 6. The Bertz CT molecular complexity index is 496. The molecule has 0 unspecified atom stereocenters. The second-order valence-electron chi connectivity index (χ2n) is 4.08. The molecule has 0 fully saturated rings. The molecule has 0 aliphatic rings. The van der Waals surface area contributed by atoms with Gasteiger partial charge in [-0.1, -0.05) is 5.22 Å². The number of aromatic amines is 1. The summed E-state index contributed by atoms with van der Waals surface area (Å²) in [6.45, 7) is 3.49. The molecular formula is C11H18N6O3. The van der Waals surface area contributed by atoms with E-state index in [1.807, 2.05) is 0 Å². The van der Waals surface area contributed by atoms with Crippen LogP contribution in [-0.4, -0.2) is 53.6 Å². The van der Waals surface area contributed by atoms with E-state index < -0.39 is 17.9 Å². The van der Waals surface area contributed by atoms with Crippen molar-refractivity contribution in [3.63, 3.8) is 0 Å². The Morgan fingerprint density at radius 3 is 2.85 bits per heavy atom. The van der Waals surface area contributed by atoms with Crippen LogP contribution >= 0.6 is 0 Å². The predicted molar refractivity (Wildman–Crippen MR) is 70.4 cm³/mol. The topological polar surface area (TPSA) is 112 Å². The maximum atomic E-state index is 12.0. The van der Waals surface area contributed by atoms with E-state index in [-0.39, 0.29) is 18.1 Å². The molecule has 0 saturated carbocycles. The molecule has 0 aromatic carbocycles. The molecule has 20 heavy (non-hydrogen) atoms. The van der Waals surface area contributed by atoms with Gasteiger partial charge in [0.1, 0.15) is 6.04 Å². The first-order valence-electron chi connectivity index (χ1n) is 6.05. The number of imidazole rings is 1. The molecule has 1 aromatic heterocycles. The minimum atomic E-state index is -0.760. The van der Waals surface area contributed by atoms with Gasteiger partial charge in [0.05, 0.1) is 12.9 Å². The number of esters is 1. The minimum absolute atomic E-state index is 0.131. The first kappa shape index (κ1) is 15.6. The van der Waals surface area contributed by atoms with Crippen LogP contribution in [0.5, 0.6) is 0 Å². The maximum Gasteiger partial charge on any atom is 0.328 e. The van der Waals surface area contributed by atoms with E-state index in [0.29, 0.717) is 0 Å². The summed E-state index contributed by atoms with van der Waals surface area (Å²) in [5, 5.41) is 11.5. The van der Waals surface area contributed by atoms with Crippen molar-refractivity contribution in [2.24, 2.45) is 10.3 Å². The zero-order valence-electron chi connectivity index (χ0n) is 11.9. The van der Waals surface area contributed by atoms with Crippen LogP contribution in [0.25, 0.3) is 0 Å². The number of amides is 1. The molecule has 2 N–H and O–H groups in total. The van der Waals surface area contributed by atoms with Crippen molar-refractivity contribution < 1.29 is 14.3 Å². The molecular weight excluding hydrogens is 264 g/mol. The van der Waals surface area contributed by atoms with E-state index in [1.165, 1.54) is 18.3 Å². The largest absolute Gasteiger partial charge is 0.464 e. The van der Waals surface area contributed by atoms with Crippen LogP contribution in [-0.2, 0) is 9.53 Å². The highest BCUT2D eigenvalue weighted by Crippen LogP contribution is 2.14. The number of carbonyl (C=O) groups is 2. The molecule has 110 valence electrons. The standard InChI is InChI=1S/C11H18N6O3/c1-5-20-11(19)7(2)14-10(18)8-9(13-6-12-8)15-16-17(3)4/h6-7H,5H2,1-4H3,(H,12,13)(H,14,18)/t7-/m1/s1. The molecule has 9 nitrogen and oxygen atoms in total. The van der Waals surface area contributed by atoms with Gasteiger partial charge in [0.25, 0.3) is 5.91 Å². The Morgan fingerprint density at radius 2 is 2.25 bits per heavy atom. The van der Waals surface area contributed by atoms with E-state index >= 15 is 0 Å². The summed E-state index contributed by atoms with van der Waals surface area (Å²) in [5.74, 6) is -0.861. The highest BCUT2D eigenvalue weighted by molar-refractivity contribution is 5.98. The number of H-pyrrole nitrogens is 1. The van der Waals surface area contributed by atoms with E-state index in [4.69, 9.17) is 4.74 Å². The number of hydrogen-bond donors (Lipinski definition) is 2. The highest BCUT2D eigenvalue weighted by atomic mass is 16.5. The second-order valence-corrected chi connectivity index (χ2v) is 4.08. The van der Waals surface area contributed by atoms with E-state index in [2.05, 4.69) is 25.6 Å². The molecule has 0 radical (unpaired) electrons. The fourth-order valence-electron chi connectivity index (χ4n) is 1.26.